The predicted molar refractivity (Wildman–Crippen MR) is 125 cm³/mol. The Balaban J connectivity index is 0.00000117. The van der Waals surface area contributed by atoms with Gasteiger partial charge in [-0.1, -0.05) is 102 Å². The minimum atomic E-state index is 0.336. The summed E-state index contributed by atoms with van der Waals surface area (Å²) in [5.74, 6) is 2.87. The first-order valence-electron chi connectivity index (χ1n) is 13.0. The van der Waals surface area contributed by atoms with E-state index in [-0.39, 0.29) is 0 Å². The molecule has 0 radical (unpaired) electrons. The Morgan fingerprint density at radius 3 is 2.00 bits per heavy atom. The number of hydrogen-bond donors (Lipinski definition) is 0. The highest BCUT2D eigenvalue weighted by molar-refractivity contribution is 5.31. The number of benzene rings is 1. The molecule has 0 saturated heterocycles. The van der Waals surface area contributed by atoms with Crippen molar-refractivity contribution >= 4 is 0 Å². The lowest BCUT2D eigenvalue weighted by molar-refractivity contribution is -0.0375. The van der Waals surface area contributed by atoms with Gasteiger partial charge in [-0.2, -0.15) is 0 Å². The quantitative estimate of drug-likeness (QED) is 0.465. The van der Waals surface area contributed by atoms with Crippen LogP contribution in [0.3, 0.4) is 0 Å². The van der Waals surface area contributed by atoms with Crippen molar-refractivity contribution in [2.75, 3.05) is 0 Å². The van der Waals surface area contributed by atoms with Crippen LogP contribution in [0.2, 0.25) is 0 Å². The lowest BCUT2D eigenvalue weighted by atomic mass is 9.68. The summed E-state index contributed by atoms with van der Waals surface area (Å²) in [4.78, 5) is 0. The molecule has 1 nitrogen and oxygen atoms in total. The highest BCUT2D eigenvalue weighted by Crippen LogP contribution is 2.43. The molecule has 2 saturated carbocycles. The average Bonchev–Trinajstić information content (AvgIpc) is 2.80. The smallest absolute Gasteiger partial charge is 0.0831 e. The van der Waals surface area contributed by atoms with Gasteiger partial charge in [0.2, 0.25) is 0 Å². The van der Waals surface area contributed by atoms with E-state index in [1.54, 1.807) is 0 Å². The molecule has 2 atom stereocenters. The standard InChI is InChI=1S/C26H40O.C2H6/c1-20(27-26-18-10-16-21-15-8-9-17-24(21)26)19-25(22-11-4-2-5-12-22)23-13-6-3-7-14-23;1-2/h8-9,15,17,20,22-23,25-26H,2-7,10-14,16,18-19H2,1H3;1-2H3. The van der Waals surface area contributed by atoms with Gasteiger partial charge in [0.05, 0.1) is 12.2 Å². The molecule has 1 aromatic rings. The van der Waals surface area contributed by atoms with Crippen molar-refractivity contribution in [2.24, 2.45) is 17.8 Å². The zero-order valence-electron chi connectivity index (χ0n) is 19.5. The van der Waals surface area contributed by atoms with Crippen LogP contribution >= 0.6 is 0 Å². The number of rotatable bonds is 6. The predicted octanol–water partition coefficient (Wildman–Crippen LogP) is 8.66. The summed E-state index contributed by atoms with van der Waals surface area (Å²) in [5.41, 5.74) is 3.00. The fourth-order valence-corrected chi connectivity index (χ4v) is 6.46. The van der Waals surface area contributed by atoms with Gasteiger partial charge in [0.15, 0.2) is 0 Å². The van der Waals surface area contributed by atoms with Crippen molar-refractivity contribution in [2.45, 2.75) is 123 Å². The van der Waals surface area contributed by atoms with Crippen LogP contribution < -0.4 is 0 Å². The summed E-state index contributed by atoms with van der Waals surface area (Å²) >= 11 is 0. The lowest BCUT2D eigenvalue weighted by Crippen LogP contribution is -2.31. The van der Waals surface area contributed by atoms with E-state index in [4.69, 9.17) is 4.74 Å². The Labute approximate surface area is 181 Å². The molecule has 164 valence electrons. The molecule has 0 spiro atoms. The number of fused-ring (bicyclic) bond motifs is 1. The second-order valence-electron chi connectivity index (χ2n) is 9.72. The van der Waals surface area contributed by atoms with Crippen LogP contribution in [0.4, 0.5) is 0 Å². The third kappa shape index (κ3) is 6.33. The summed E-state index contributed by atoms with van der Waals surface area (Å²) in [6.07, 6.45) is 20.5. The minimum Gasteiger partial charge on any atom is -0.371 e. The summed E-state index contributed by atoms with van der Waals surface area (Å²) in [6, 6.07) is 9.00. The third-order valence-electron chi connectivity index (χ3n) is 7.83. The second kappa shape index (κ2) is 12.1. The summed E-state index contributed by atoms with van der Waals surface area (Å²) in [6.45, 7) is 6.37. The first-order valence-corrected chi connectivity index (χ1v) is 13.0. The van der Waals surface area contributed by atoms with Crippen molar-refractivity contribution in [3.05, 3.63) is 35.4 Å². The van der Waals surface area contributed by atoms with Crippen molar-refractivity contribution in [1.82, 2.24) is 0 Å². The van der Waals surface area contributed by atoms with E-state index in [1.165, 1.54) is 101 Å². The van der Waals surface area contributed by atoms with Crippen LogP contribution in [-0.2, 0) is 11.2 Å². The van der Waals surface area contributed by atoms with Crippen molar-refractivity contribution in [1.29, 1.82) is 0 Å². The number of aryl methyl sites for hydroxylation is 1. The SMILES string of the molecule is CC.CC(CC(C1CCCCC1)C1CCCCC1)OC1CCCc2ccccc21. The Kier molecular flexibility index (Phi) is 9.56. The molecular weight excluding hydrogens is 352 g/mol. The monoisotopic (exact) mass is 398 g/mol. The minimum absolute atomic E-state index is 0.336. The zero-order chi connectivity index (χ0) is 20.5. The van der Waals surface area contributed by atoms with Gasteiger partial charge in [-0.3, -0.25) is 0 Å². The molecule has 2 fully saturated rings. The topological polar surface area (TPSA) is 9.23 Å². The van der Waals surface area contributed by atoms with E-state index in [0.717, 1.165) is 17.8 Å². The molecule has 0 aromatic heterocycles. The van der Waals surface area contributed by atoms with E-state index < -0.39 is 0 Å². The van der Waals surface area contributed by atoms with Gasteiger partial charge in [0.1, 0.15) is 0 Å². The fourth-order valence-electron chi connectivity index (χ4n) is 6.46. The maximum atomic E-state index is 6.73. The van der Waals surface area contributed by atoms with Crippen LogP contribution in [0.1, 0.15) is 121 Å². The van der Waals surface area contributed by atoms with E-state index >= 15 is 0 Å². The van der Waals surface area contributed by atoms with E-state index in [0.29, 0.717) is 12.2 Å². The maximum absolute atomic E-state index is 6.73. The molecule has 0 amide bonds. The van der Waals surface area contributed by atoms with Gasteiger partial charge in [-0.15, -0.1) is 0 Å². The largest absolute Gasteiger partial charge is 0.371 e. The Morgan fingerprint density at radius 2 is 1.38 bits per heavy atom. The molecular formula is C28H46O. The van der Waals surface area contributed by atoms with Gasteiger partial charge in [0.25, 0.3) is 0 Å². The first kappa shape index (κ1) is 22.9. The maximum Gasteiger partial charge on any atom is 0.0831 e. The van der Waals surface area contributed by atoms with Gasteiger partial charge in [-0.05, 0) is 61.5 Å². The molecule has 4 rings (SSSR count). The van der Waals surface area contributed by atoms with Crippen molar-refractivity contribution in [3.63, 3.8) is 0 Å². The van der Waals surface area contributed by atoms with Crippen LogP contribution in [0.25, 0.3) is 0 Å². The van der Waals surface area contributed by atoms with Crippen LogP contribution in [-0.4, -0.2) is 6.10 Å². The van der Waals surface area contributed by atoms with E-state index in [9.17, 15) is 0 Å². The second-order valence-corrected chi connectivity index (χ2v) is 9.72. The normalized spacial score (nSPS) is 24.5. The Hall–Kier alpha value is -0.820. The molecule has 0 bridgehead atoms. The third-order valence-corrected chi connectivity index (χ3v) is 7.83. The van der Waals surface area contributed by atoms with Crippen molar-refractivity contribution in [3.8, 4) is 0 Å². The Morgan fingerprint density at radius 1 is 0.793 bits per heavy atom. The lowest BCUT2D eigenvalue weighted by Gasteiger charge is -2.40. The Bertz CT molecular complexity index is 549. The highest BCUT2D eigenvalue weighted by Gasteiger charge is 2.33. The first-order chi connectivity index (χ1) is 14.3. The van der Waals surface area contributed by atoms with E-state index in [2.05, 4.69) is 31.2 Å². The molecule has 3 aliphatic carbocycles. The molecule has 0 heterocycles. The summed E-state index contributed by atoms with van der Waals surface area (Å²) in [5, 5.41) is 0. The average molecular weight is 399 g/mol. The van der Waals surface area contributed by atoms with Gasteiger partial charge in [0, 0.05) is 0 Å². The number of hydrogen-bond acceptors (Lipinski definition) is 1. The van der Waals surface area contributed by atoms with Gasteiger partial charge < -0.3 is 4.74 Å². The van der Waals surface area contributed by atoms with Crippen LogP contribution in [0, 0.1) is 17.8 Å². The van der Waals surface area contributed by atoms with Crippen LogP contribution in [0.15, 0.2) is 24.3 Å². The summed E-state index contributed by atoms with van der Waals surface area (Å²) < 4.78 is 6.73. The van der Waals surface area contributed by atoms with Crippen LogP contribution in [0.5, 0.6) is 0 Å². The van der Waals surface area contributed by atoms with Crippen molar-refractivity contribution < 1.29 is 4.74 Å². The zero-order valence-corrected chi connectivity index (χ0v) is 19.5. The molecule has 0 N–H and O–H groups in total. The molecule has 29 heavy (non-hydrogen) atoms. The molecule has 1 heteroatoms. The van der Waals surface area contributed by atoms with Gasteiger partial charge >= 0.3 is 0 Å². The highest BCUT2D eigenvalue weighted by atomic mass is 16.5. The fraction of sp³-hybridized carbons (Fsp3) is 0.786. The molecule has 1 aromatic carbocycles. The molecule has 3 aliphatic rings. The molecule has 0 aliphatic heterocycles. The number of ether oxygens (including phenoxy) is 1. The molecule has 2 unspecified atom stereocenters. The van der Waals surface area contributed by atoms with Gasteiger partial charge in [-0.25, -0.2) is 0 Å². The summed E-state index contributed by atoms with van der Waals surface area (Å²) in [7, 11) is 0. The van der Waals surface area contributed by atoms with E-state index in [1.807, 2.05) is 13.8 Å².